The summed E-state index contributed by atoms with van der Waals surface area (Å²) in [5, 5.41) is 0. The van der Waals surface area contributed by atoms with Gasteiger partial charge in [0.25, 0.3) is 0 Å². The molecule has 2 atom stereocenters. The first-order chi connectivity index (χ1) is 8.74. The highest BCUT2D eigenvalue weighted by Crippen LogP contribution is 2.39. The Labute approximate surface area is 104 Å². The minimum absolute atomic E-state index is 0.139. The Morgan fingerprint density at radius 1 is 1.33 bits per heavy atom. The van der Waals surface area contributed by atoms with E-state index in [1.54, 1.807) is 18.5 Å². The van der Waals surface area contributed by atoms with Crippen molar-refractivity contribution in [1.82, 2.24) is 4.98 Å². The van der Waals surface area contributed by atoms with E-state index in [-0.39, 0.29) is 18.0 Å². The molecule has 0 radical (unpaired) electrons. The monoisotopic (exact) mass is 244 g/mol. The van der Waals surface area contributed by atoms with Crippen LogP contribution in [0.2, 0.25) is 0 Å². The Balaban J connectivity index is 1.96. The molecule has 0 spiro atoms. The van der Waals surface area contributed by atoms with E-state index in [4.69, 9.17) is 10.5 Å². The SMILES string of the molecule is N[C@H]1CC(c2cccnc2)Oc2cc(F)ccc21. The first-order valence-electron chi connectivity index (χ1n) is 5.85. The van der Waals surface area contributed by atoms with Gasteiger partial charge in [-0.1, -0.05) is 12.1 Å². The van der Waals surface area contributed by atoms with Crippen LogP contribution in [-0.2, 0) is 0 Å². The summed E-state index contributed by atoms with van der Waals surface area (Å²) in [5.74, 6) is 0.218. The van der Waals surface area contributed by atoms with E-state index in [0.717, 1.165) is 11.1 Å². The highest BCUT2D eigenvalue weighted by molar-refractivity contribution is 5.39. The van der Waals surface area contributed by atoms with Gasteiger partial charge in [0.15, 0.2) is 0 Å². The maximum absolute atomic E-state index is 13.2. The predicted molar refractivity (Wildman–Crippen MR) is 65.6 cm³/mol. The highest BCUT2D eigenvalue weighted by Gasteiger charge is 2.27. The molecule has 2 heterocycles. The minimum Gasteiger partial charge on any atom is -0.485 e. The fourth-order valence-corrected chi connectivity index (χ4v) is 2.25. The molecule has 1 unspecified atom stereocenters. The Morgan fingerprint density at radius 3 is 3.00 bits per heavy atom. The summed E-state index contributed by atoms with van der Waals surface area (Å²) >= 11 is 0. The molecule has 0 saturated heterocycles. The quantitative estimate of drug-likeness (QED) is 0.839. The lowest BCUT2D eigenvalue weighted by molar-refractivity contribution is 0.160. The van der Waals surface area contributed by atoms with Crippen molar-refractivity contribution in [3.8, 4) is 5.75 Å². The summed E-state index contributed by atoms with van der Waals surface area (Å²) in [6.07, 6.45) is 3.97. The van der Waals surface area contributed by atoms with Gasteiger partial charge in [0.2, 0.25) is 0 Å². The van der Waals surface area contributed by atoms with Crippen LogP contribution in [0.5, 0.6) is 5.75 Å². The second-order valence-electron chi connectivity index (χ2n) is 4.42. The highest BCUT2D eigenvalue weighted by atomic mass is 19.1. The van der Waals surface area contributed by atoms with Crippen molar-refractivity contribution in [2.24, 2.45) is 5.73 Å². The Morgan fingerprint density at radius 2 is 2.22 bits per heavy atom. The third-order valence-corrected chi connectivity index (χ3v) is 3.17. The smallest absolute Gasteiger partial charge is 0.127 e. The van der Waals surface area contributed by atoms with Gasteiger partial charge in [0, 0.05) is 42.0 Å². The van der Waals surface area contributed by atoms with Crippen LogP contribution in [-0.4, -0.2) is 4.98 Å². The van der Waals surface area contributed by atoms with Crippen LogP contribution >= 0.6 is 0 Å². The first-order valence-corrected chi connectivity index (χ1v) is 5.85. The summed E-state index contributed by atoms with van der Waals surface area (Å²) in [6.45, 7) is 0. The minimum atomic E-state index is -0.312. The number of hydrogen-bond donors (Lipinski definition) is 1. The van der Waals surface area contributed by atoms with E-state index in [1.807, 2.05) is 12.1 Å². The third kappa shape index (κ3) is 1.95. The summed E-state index contributed by atoms with van der Waals surface area (Å²) in [7, 11) is 0. The number of ether oxygens (including phenoxy) is 1. The van der Waals surface area contributed by atoms with Crippen molar-refractivity contribution in [2.75, 3.05) is 0 Å². The van der Waals surface area contributed by atoms with Gasteiger partial charge in [-0.15, -0.1) is 0 Å². The van der Waals surface area contributed by atoms with E-state index < -0.39 is 0 Å². The first kappa shape index (κ1) is 11.2. The maximum Gasteiger partial charge on any atom is 0.127 e. The van der Waals surface area contributed by atoms with Gasteiger partial charge in [-0.25, -0.2) is 4.39 Å². The van der Waals surface area contributed by atoms with Gasteiger partial charge >= 0.3 is 0 Å². The van der Waals surface area contributed by atoms with E-state index in [0.29, 0.717) is 12.2 Å². The number of pyridine rings is 1. The number of hydrogen-bond acceptors (Lipinski definition) is 3. The summed E-state index contributed by atoms with van der Waals surface area (Å²) in [5.41, 5.74) is 7.92. The van der Waals surface area contributed by atoms with Crippen molar-refractivity contribution in [3.05, 3.63) is 59.7 Å². The van der Waals surface area contributed by atoms with Crippen LogP contribution in [0.3, 0.4) is 0 Å². The number of benzene rings is 1. The zero-order chi connectivity index (χ0) is 12.5. The lowest BCUT2D eigenvalue weighted by atomic mass is 9.94. The molecule has 0 saturated carbocycles. The van der Waals surface area contributed by atoms with E-state index in [1.165, 1.54) is 12.1 Å². The van der Waals surface area contributed by atoms with Gasteiger partial charge in [-0.3, -0.25) is 4.98 Å². The lowest BCUT2D eigenvalue weighted by Crippen LogP contribution is -2.24. The molecule has 2 N–H and O–H groups in total. The number of rotatable bonds is 1. The van der Waals surface area contributed by atoms with Crippen LogP contribution in [0.1, 0.15) is 29.7 Å². The zero-order valence-electron chi connectivity index (χ0n) is 9.71. The fourth-order valence-electron chi connectivity index (χ4n) is 2.25. The molecule has 1 aliphatic rings. The maximum atomic E-state index is 13.2. The summed E-state index contributed by atoms with van der Waals surface area (Å²) in [4.78, 5) is 4.06. The number of fused-ring (bicyclic) bond motifs is 1. The molecule has 1 aromatic carbocycles. The average Bonchev–Trinajstić information content (AvgIpc) is 2.39. The van der Waals surface area contributed by atoms with Crippen molar-refractivity contribution in [3.63, 3.8) is 0 Å². The van der Waals surface area contributed by atoms with E-state index >= 15 is 0 Å². The molecular formula is C14H13FN2O. The second kappa shape index (κ2) is 4.38. The topological polar surface area (TPSA) is 48.1 Å². The molecule has 0 aliphatic carbocycles. The Bertz CT molecular complexity index is 559. The van der Waals surface area contributed by atoms with Crippen molar-refractivity contribution < 1.29 is 9.13 Å². The summed E-state index contributed by atoms with van der Waals surface area (Å²) < 4.78 is 19.0. The van der Waals surface area contributed by atoms with E-state index in [2.05, 4.69) is 4.98 Å². The standard InChI is InChI=1S/C14H13FN2O/c15-10-3-4-11-12(16)7-13(18-14(11)6-10)9-2-1-5-17-8-9/h1-6,8,12-13H,7,16H2/t12-,13?/m0/s1. The molecule has 3 nitrogen and oxygen atoms in total. The number of nitrogens with zero attached hydrogens (tertiary/aromatic N) is 1. The average molecular weight is 244 g/mol. The Kier molecular flexibility index (Phi) is 2.72. The fraction of sp³-hybridized carbons (Fsp3) is 0.214. The van der Waals surface area contributed by atoms with E-state index in [9.17, 15) is 4.39 Å². The van der Waals surface area contributed by atoms with Gasteiger partial charge < -0.3 is 10.5 Å². The van der Waals surface area contributed by atoms with Crippen LogP contribution in [0.15, 0.2) is 42.7 Å². The summed E-state index contributed by atoms with van der Waals surface area (Å²) in [6, 6.07) is 8.14. The predicted octanol–water partition coefficient (Wildman–Crippen LogP) is 2.74. The molecule has 1 aliphatic heterocycles. The molecule has 18 heavy (non-hydrogen) atoms. The molecule has 92 valence electrons. The second-order valence-corrected chi connectivity index (χ2v) is 4.42. The van der Waals surface area contributed by atoms with Gasteiger partial charge in [-0.05, 0) is 12.1 Å². The van der Waals surface area contributed by atoms with Gasteiger partial charge in [0.1, 0.15) is 17.7 Å². The van der Waals surface area contributed by atoms with Gasteiger partial charge in [-0.2, -0.15) is 0 Å². The lowest BCUT2D eigenvalue weighted by Gasteiger charge is -2.30. The van der Waals surface area contributed by atoms with Crippen molar-refractivity contribution >= 4 is 0 Å². The number of nitrogens with two attached hydrogens (primary N) is 1. The molecule has 0 amide bonds. The molecular weight excluding hydrogens is 231 g/mol. The molecule has 2 aromatic rings. The van der Waals surface area contributed by atoms with Crippen molar-refractivity contribution in [1.29, 1.82) is 0 Å². The Hall–Kier alpha value is -1.94. The zero-order valence-corrected chi connectivity index (χ0v) is 9.71. The van der Waals surface area contributed by atoms with Gasteiger partial charge in [0.05, 0.1) is 0 Å². The number of aromatic nitrogens is 1. The molecule has 0 fully saturated rings. The van der Waals surface area contributed by atoms with Crippen LogP contribution in [0, 0.1) is 5.82 Å². The third-order valence-electron chi connectivity index (χ3n) is 3.17. The van der Waals surface area contributed by atoms with Crippen LogP contribution in [0.4, 0.5) is 4.39 Å². The molecule has 3 rings (SSSR count). The van der Waals surface area contributed by atoms with Crippen LogP contribution < -0.4 is 10.5 Å². The molecule has 1 aromatic heterocycles. The van der Waals surface area contributed by atoms with Crippen molar-refractivity contribution in [2.45, 2.75) is 18.6 Å². The number of halogens is 1. The molecule has 4 heteroatoms. The van der Waals surface area contributed by atoms with Crippen LogP contribution in [0.25, 0.3) is 0 Å². The normalized spacial score (nSPS) is 22.1. The largest absolute Gasteiger partial charge is 0.485 e. The molecule has 0 bridgehead atoms.